The largest absolute Gasteiger partial charge is 0.486 e. The second kappa shape index (κ2) is 5.57. The number of nitrogens with two attached hydrogens (primary N) is 1. The second-order valence-electron chi connectivity index (χ2n) is 5.06. The lowest BCUT2D eigenvalue weighted by atomic mass is 10.1. The summed E-state index contributed by atoms with van der Waals surface area (Å²) in [6, 6.07) is 6.79. The molecule has 1 aromatic heterocycles. The first-order valence-electron chi connectivity index (χ1n) is 6.82. The zero-order valence-electron chi connectivity index (χ0n) is 11.8. The number of fused-ring (bicyclic) bond motifs is 1. The third-order valence-electron chi connectivity index (χ3n) is 3.37. The van der Waals surface area contributed by atoms with Crippen molar-refractivity contribution in [1.29, 1.82) is 0 Å². The fourth-order valence-electron chi connectivity index (χ4n) is 2.24. The maximum absolute atomic E-state index is 11.8. The van der Waals surface area contributed by atoms with E-state index in [1.807, 2.05) is 25.1 Å². The first-order valence-corrected chi connectivity index (χ1v) is 6.82. The molecule has 1 aliphatic rings. The molecule has 2 heterocycles. The van der Waals surface area contributed by atoms with Gasteiger partial charge in [0, 0.05) is 12.1 Å². The summed E-state index contributed by atoms with van der Waals surface area (Å²) in [5, 5.41) is 4.10. The molecule has 2 aromatic rings. The Hall–Kier alpha value is -2.34. The van der Waals surface area contributed by atoms with E-state index in [0.717, 1.165) is 16.9 Å². The van der Waals surface area contributed by atoms with E-state index in [-0.39, 0.29) is 11.6 Å². The summed E-state index contributed by atoms with van der Waals surface area (Å²) in [5.41, 5.74) is 7.74. The van der Waals surface area contributed by atoms with Crippen molar-refractivity contribution in [2.75, 3.05) is 13.2 Å². The molecule has 0 saturated carbocycles. The lowest BCUT2D eigenvalue weighted by molar-refractivity contribution is 0.171. The first-order chi connectivity index (χ1) is 10.1. The lowest BCUT2D eigenvalue weighted by Crippen LogP contribution is -2.28. The molecule has 6 heteroatoms. The molecule has 6 nitrogen and oxygen atoms in total. The van der Waals surface area contributed by atoms with E-state index in [1.165, 1.54) is 4.68 Å². The van der Waals surface area contributed by atoms with Crippen molar-refractivity contribution in [3.05, 3.63) is 51.9 Å². The molecule has 1 aliphatic heterocycles. The van der Waals surface area contributed by atoms with Crippen LogP contribution in [-0.4, -0.2) is 23.0 Å². The summed E-state index contributed by atoms with van der Waals surface area (Å²) in [5.74, 6) is 1.42. The van der Waals surface area contributed by atoms with Gasteiger partial charge in [-0.2, -0.15) is 5.10 Å². The Bertz CT molecular complexity index is 712. The fourth-order valence-corrected chi connectivity index (χ4v) is 2.24. The zero-order chi connectivity index (χ0) is 14.8. The Morgan fingerprint density at radius 2 is 2.05 bits per heavy atom. The summed E-state index contributed by atoms with van der Waals surface area (Å²) in [6.07, 6.45) is 1.65. The number of aromatic nitrogens is 2. The van der Waals surface area contributed by atoms with Crippen LogP contribution in [0.15, 0.2) is 35.3 Å². The maximum Gasteiger partial charge on any atom is 0.267 e. The Labute approximate surface area is 122 Å². The molecule has 0 spiro atoms. The molecule has 110 valence electrons. The average molecular weight is 287 g/mol. The number of rotatable bonds is 3. The van der Waals surface area contributed by atoms with E-state index in [1.54, 1.807) is 12.3 Å². The van der Waals surface area contributed by atoms with Gasteiger partial charge in [0.25, 0.3) is 5.56 Å². The molecule has 3 rings (SSSR count). The summed E-state index contributed by atoms with van der Waals surface area (Å²) >= 11 is 0. The van der Waals surface area contributed by atoms with Crippen LogP contribution in [-0.2, 0) is 6.54 Å². The van der Waals surface area contributed by atoms with Crippen molar-refractivity contribution in [1.82, 2.24) is 9.78 Å². The van der Waals surface area contributed by atoms with Gasteiger partial charge in [-0.05, 0) is 30.2 Å². The van der Waals surface area contributed by atoms with Gasteiger partial charge in [-0.1, -0.05) is 6.07 Å². The van der Waals surface area contributed by atoms with E-state index >= 15 is 0 Å². The molecular formula is C15H17N3O3. The number of hydrogen-bond donors (Lipinski definition) is 1. The summed E-state index contributed by atoms with van der Waals surface area (Å²) in [6.45, 7) is 3.24. The van der Waals surface area contributed by atoms with Crippen LogP contribution in [0.3, 0.4) is 0 Å². The molecule has 0 saturated heterocycles. The number of aryl methyl sites for hydroxylation is 1. The van der Waals surface area contributed by atoms with Crippen LogP contribution in [0.5, 0.6) is 11.5 Å². The van der Waals surface area contributed by atoms with E-state index in [9.17, 15) is 4.79 Å². The topological polar surface area (TPSA) is 79.4 Å². The van der Waals surface area contributed by atoms with Gasteiger partial charge in [-0.25, -0.2) is 4.68 Å². The van der Waals surface area contributed by atoms with Gasteiger partial charge in [0.1, 0.15) is 13.2 Å². The molecule has 1 unspecified atom stereocenters. The Kier molecular flexibility index (Phi) is 3.62. The smallest absolute Gasteiger partial charge is 0.267 e. The van der Waals surface area contributed by atoms with Crippen LogP contribution in [0.4, 0.5) is 0 Å². The second-order valence-corrected chi connectivity index (χ2v) is 5.06. The Balaban J connectivity index is 1.82. The fraction of sp³-hybridized carbons (Fsp3) is 0.333. The quantitative estimate of drug-likeness (QED) is 0.912. The van der Waals surface area contributed by atoms with Crippen LogP contribution in [0.1, 0.15) is 17.2 Å². The molecule has 0 bridgehead atoms. The van der Waals surface area contributed by atoms with Gasteiger partial charge in [0.05, 0.1) is 12.7 Å². The highest BCUT2D eigenvalue weighted by molar-refractivity contribution is 5.44. The number of ether oxygens (including phenoxy) is 2. The minimum Gasteiger partial charge on any atom is -0.486 e. The predicted molar refractivity (Wildman–Crippen MR) is 77.6 cm³/mol. The van der Waals surface area contributed by atoms with Crippen LogP contribution < -0.4 is 20.8 Å². The van der Waals surface area contributed by atoms with Crippen molar-refractivity contribution in [3.63, 3.8) is 0 Å². The molecule has 0 amide bonds. The Morgan fingerprint density at radius 3 is 2.81 bits per heavy atom. The van der Waals surface area contributed by atoms with Gasteiger partial charge in [-0.3, -0.25) is 4.79 Å². The third kappa shape index (κ3) is 2.90. The van der Waals surface area contributed by atoms with E-state index in [2.05, 4.69) is 5.10 Å². The number of nitrogens with zero attached hydrogens (tertiary/aromatic N) is 2. The minimum atomic E-state index is -0.339. The lowest BCUT2D eigenvalue weighted by Gasteiger charge is -2.20. The van der Waals surface area contributed by atoms with Crippen molar-refractivity contribution in [3.8, 4) is 11.5 Å². The minimum absolute atomic E-state index is 0.150. The van der Waals surface area contributed by atoms with Crippen molar-refractivity contribution < 1.29 is 9.47 Å². The highest BCUT2D eigenvalue weighted by Gasteiger charge is 2.15. The monoisotopic (exact) mass is 287 g/mol. The summed E-state index contributed by atoms with van der Waals surface area (Å²) in [7, 11) is 0. The highest BCUT2D eigenvalue weighted by Crippen LogP contribution is 2.32. The number of benzene rings is 1. The van der Waals surface area contributed by atoms with Crippen LogP contribution >= 0.6 is 0 Å². The van der Waals surface area contributed by atoms with Crippen molar-refractivity contribution in [2.45, 2.75) is 19.5 Å². The molecule has 0 radical (unpaired) electrons. The van der Waals surface area contributed by atoms with Crippen LogP contribution in [0, 0.1) is 6.92 Å². The SMILES string of the molecule is Cc1cnn(CC(N)c2ccc3c(c2)OCCO3)c(=O)c1. The van der Waals surface area contributed by atoms with Crippen LogP contribution in [0.2, 0.25) is 0 Å². The zero-order valence-corrected chi connectivity index (χ0v) is 11.8. The number of hydrogen-bond acceptors (Lipinski definition) is 5. The van der Waals surface area contributed by atoms with Crippen molar-refractivity contribution in [2.24, 2.45) is 5.73 Å². The van der Waals surface area contributed by atoms with E-state index < -0.39 is 0 Å². The van der Waals surface area contributed by atoms with Gasteiger partial charge in [-0.15, -0.1) is 0 Å². The average Bonchev–Trinajstić information content (AvgIpc) is 2.49. The van der Waals surface area contributed by atoms with Gasteiger partial charge >= 0.3 is 0 Å². The van der Waals surface area contributed by atoms with Gasteiger partial charge in [0.15, 0.2) is 11.5 Å². The molecule has 21 heavy (non-hydrogen) atoms. The van der Waals surface area contributed by atoms with Gasteiger partial charge in [0.2, 0.25) is 0 Å². The predicted octanol–water partition coefficient (Wildman–Crippen LogP) is 1.02. The molecule has 0 fully saturated rings. The molecule has 2 N–H and O–H groups in total. The molecule has 0 aliphatic carbocycles. The first kappa shape index (κ1) is 13.6. The summed E-state index contributed by atoms with van der Waals surface area (Å²) in [4.78, 5) is 11.8. The van der Waals surface area contributed by atoms with E-state index in [4.69, 9.17) is 15.2 Å². The van der Waals surface area contributed by atoms with Crippen LogP contribution in [0.25, 0.3) is 0 Å². The van der Waals surface area contributed by atoms with Gasteiger partial charge < -0.3 is 15.2 Å². The molecule has 1 aromatic carbocycles. The normalized spacial score (nSPS) is 14.8. The van der Waals surface area contributed by atoms with Crippen molar-refractivity contribution >= 4 is 0 Å². The standard InChI is InChI=1S/C15H17N3O3/c1-10-6-15(19)18(17-8-10)9-12(16)11-2-3-13-14(7-11)21-5-4-20-13/h2-3,6-8,12H,4-5,9,16H2,1H3. The Morgan fingerprint density at radius 1 is 1.29 bits per heavy atom. The third-order valence-corrected chi connectivity index (χ3v) is 3.37. The van der Waals surface area contributed by atoms with E-state index in [0.29, 0.717) is 25.5 Å². The molecule has 1 atom stereocenters. The highest BCUT2D eigenvalue weighted by atomic mass is 16.6. The maximum atomic E-state index is 11.8. The molecular weight excluding hydrogens is 270 g/mol. The summed E-state index contributed by atoms with van der Waals surface area (Å²) < 4.78 is 12.4.